The van der Waals surface area contributed by atoms with Crippen LogP contribution in [0, 0.1) is 0 Å². The van der Waals surface area contributed by atoms with Gasteiger partial charge in [-0.3, -0.25) is 0 Å². The minimum Gasteiger partial charge on any atom is -0.311 e. The van der Waals surface area contributed by atoms with E-state index in [1.165, 1.54) is 5.56 Å². The molecule has 1 aromatic rings. The third kappa shape index (κ3) is 6.87. The van der Waals surface area contributed by atoms with Gasteiger partial charge in [0.1, 0.15) is 0 Å². The molecule has 0 bridgehead atoms. The Morgan fingerprint density at radius 2 is 1.69 bits per heavy atom. The van der Waals surface area contributed by atoms with Crippen LogP contribution in [0.5, 0.6) is 0 Å². The molecule has 0 aliphatic carbocycles. The van der Waals surface area contributed by atoms with Crippen LogP contribution in [0.3, 0.4) is 0 Å². The number of hydrogen-bond donors (Lipinski definition) is 2. The second-order valence-corrected chi connectivity index (χ2v) is 4.61. The quantitative estimate of drug-likeness (QED) is 0.595. The van der Waals surface area contributed by atoms with Gasteiger partial charge in [-0.2, -0.15) is 8.78 Å². The Morgan fingerprint density at radius 3 is 2.31 bits per heavy atom. The molecule has 0 atom stereocenters. The molecule has 0 radical (unpaired) electrons. The summed E-state index contributed by atoms with van der Waals surface area (Å²) in [5, 5.41) is 5.82. The fraction of sp³-hybridized carbons (Fsp3) is 0.455. The van der Waals surface area contributed by atoms with Crippen molar-refractivity contribution in [1.82, 2.24) is 10.6 Å². The van der Waals surface area contributed by atoms with Gasteiger partial charge in [-0.05, 0) is 21.5 Å². The summed E-state index contributed by atoms with van der Waals surface area (Å²) in [6.45, 7) is 1.60. The maximum absolute atomic E-state index is 12.3. The van der Waals surface area contributed by atoms with Crippen LogP contribution in [-0.4, -0.2) is 24.5 Å². The SMILES string of the molecule is FC(F)(Br)CNCCNCc1ccccc1. The fourth-order valence-electron chi connectivity index (χ4n) is 1.24. The average molecular weight is 293 g/mol. The van der Waals surface area contributed by atoms with Gasteiger partial charge in [0.15, 0.2) is 0 Å². The molecule has 1 rings (SSSR count). The van der Waals surface area contributed by atoms with Gasteiger partial charge in [0.25, 0.3) is 0 Å². The monoisotopic (exact) mass is 292 g/mol. The summed E-state index contributed by atoms with van der Waals surface area (Å²) in [6, 6.07) is 9.95. The van der Waals surface area contributed by atoms with E-state index in [0.29, 0.717) is 13.1 Å². The van der Waals surface area contributed by atoms with Crippen LogP contribution < -0.4 is 10.6 Å². The number of rotatable bonds is 7. The van der Waals surface area contributed by atoms with Crippen molar-refractivity contribution >= 4 is 15.9 Å². The van der Waals surface area contributed by atoms with E-state index in [9.17, 15) is 8.78 Å². The average Bonchev–Trinajstić information content (AvgIpc) is 2.23. The fourth-order valence-corrected chi connectivity index (χ4v) is 1.43. The Kier molecular flexibility index (Phi) is 5.87. The van der Waals surface area contributed by atoms with Crippen molar-refractivity contribution in [2.24, 2.45) is 0 Å². The molecule has 1 aromatic carbocycles. The number of benzene rings is 1. The third-order valence-electron chi connectivity index (χ3n) is 1.98. The smallest absolute Gasteiger partial charge is 0.311 e. The molecule has 0 saturated heterocycles. The van der Waals surface area contributed by atoms with Crippen LogP contribution in [0.4, 0.5) is 8.78 Å². The largest absolute Gasteiger partial charge is 0.313 e. The molecule has 2 N–H and O–H groups in total. The van der Waals surface area contributed by atoms with Gasteiger partial charge in [-0.1, -0.05) is 30.3 Å². The lowest BCUT2D eigenvalue weighted by atomic mass is 10.2. The molecule has 0 aliphatic heterocycles. The number of hydrogen-bond acceptors (Lipinski definition) is 2. The van der Waals surface area contributed by atoms with Crippen molar-refractivity contribution in [3.8, 4) is 0 Å². The van der Waals surface area contributed by atoms with Gasteiger partial charge >= 0.3 is 4.83 Å². The normalized spacial score (nSPS) is 11.7. The Balaban J connectivity index is 2.01. The van der Waals surface area contributed by atoms with E-state index >= 15 is 0 Å². The predicted molar refractivity (Wildman–Crippen MR) is 64.9 cm³/mol. The Bertz CT molecular complexity index is 288. The molecular formula is C11H15BrF2N2. The van der Waals surface area contributed by atoms with Crippen molar-refractivity contribution in [2.75, 3.05) is 19.6 Å². The van der Waals surface area contributed by atoms with Gasteiger partial charge < -0.3 is 10.6 Å². The second-order valence-electron chi connectivity index (χ2n) is 3.45. The summed E-state index contributed by atoms with van der Waals surface area (Å²) in [5.74, 6) is 0. The van der Waals surface area contributed by atoms with Gasteiger partial charge in [0, 0.05) is 19.6 Å². The van der Waals surface area contributed by atoms with E-state index in [1.54, 1.807) is 0 Å². The molecule has 0 saturated carbocycles. The van der Waals surface area contributed by atoms with Crippen molar-refractivity contribution in [1.29, 1.82) is 0 Å². The van der Waals surface area contributed by atoms with E-state index in [-0.39, 0.29) is 6.54 Å². The zero-order valence-electron chi connectivity index (χ0n) is 8.85. The molecule has 0 aliphatic rings. The second kappa shape index (κ2) is 6.93. The van der Waals surface area contributed by atoms with Crippen molar-refractivity contribution < 1.29 is 8.78 Å². The summed E-state index contributed by atoms with van der Waals surface area (Å²) in [4.78, 5) is -2.81. The van der Waals surface area contributed by atoms with E-state index in [0.717, 1.165) is 6.54 Å². The number of halogens is 3. The summed E-state index contributed by atoms with van der Waals surface area (Å²) < 4.78 is 24.7. The van der Waals surface area contributed by atoms with E-state index < -0.39 is 4.83 Å². The standard InChI is InChI=1S/C11H15BrF2N2/c12-11(13,14)9-16-7-6-15-8-10-4-2-1-3-5-10/h1-5,15-16H,6-9H2. The lowest BCUT2D eigenvalue weighted by molar-refractivity contribution is 0.114. The Hall–Kier alpha value is -0.520. The first kappa shape index (κ1) is 13.5. The van der Waals surface area contributed by atoms with Crippen molar-refractivity contribution in [2.45, 2.75) is 11.4 Å². The maximum atomic E-state index is 12.3. The Labute approximate surface area is 103 Å². The lowest BCUT2D eigenvalue weighted by Gasteiger charge is -2.10. The first-order valence-electron chi connectivity index (χ1n) is 5.10. The zero-order chi connectivity index (χ0) is 11.9. The number of nitrogens with one attached hydrogen (secondary N) is 2. The molecule has 0 aromatic heterocycles. The highest BCUT2D eigenvalue weighted by molar-refractivity contribution is 9.10. The highest BCUT2D eigenvalue weighted by atomic mass is 79.9. The molecule has 2 nitrogen and oxygen atoms in total. The molecule has 0 amide bonds. The molecule has 90 valence electrons. The molecule has 0 fully saturated rings. The lowest BCUT2D eigenvalue weighted by Crippen LogP contribution is -2.33. The van der Waals surface area contributed by atoms with E-state index in [1.807, 2.05) is 30.3 Å². The van der Waals surface area contributed by atoms with Crippen LogP contribution >= 0.6 is 15.9 Å². The predicted octanol–water partition coefficient (Wildman–Crippen LogP) is 2.35. The molecule has 16 heavy (non-hydrogen) atoms. The van der Waals surface area contributed by atoms with Gasteiger partial charge in [0.2, 0.25) is 0 Å². The van der Waals surface area contributed by atoms with Gasteiger partial charge in [0.05, 0.1) is 6.54 Å². The van der Waals surface area contributed by atoms with Crippen LogP contribution in [-0.2, 0) is 6.54 Å². The minimum absolute atomic E-state index is 0.347. The molecular weight excluding hydrogens is 278 g/mol. The number of alkyl halides is 3. The first-order chi connectivity index (χ1) is 7.58. The molecule has 5 heteroatoms. The summed E-state index contributed by atoms with van der Waals surface area (Å²) >= 11 is 2.27. The van der Waals surface area contributed by atoms with Gasteiger partial charge in [-0.15, -0.1) is 0 Å². The van der Waals surface area contributed by atoms with Gasteiger partial charge in [-0.25, -0.2) is 0 Å². The molecule has 0 unspecified atom stereocenters. The highest BCUT2D eigenvalue weighted by Crippen LogP contribution is 2.19. The van der Waals surface area contributed by atoms with E-state index in [4.69, 9.17) is 0 Å². The molecule has 0 heterocycles. The summed E-state index contributed by atoms with van der Waals surface area (Å²) in [7, 11) is 0. The van der Waals surface area contributed by atoms with Crippen LogP contribution in [0.1, 0.15) is 5.56 Å². The van der Waals surface area contributed by atoms with Crippen molar-refractivity contribution in [3.05, 3.63) is 35.9 Å². The zero-order valence-corrected chi connectivity index (χ0v) is 10.4. The molecule has 0 spiro atoms. The summed E-state index contributed by atoms with van der Waals surface area (Å²) in [6.07, 6.45) is 0. The van der Waals surface area contributed by atoms with Crippen LogP contribution in [0.25, 0.3) is 0 Å². The minimum atomic E-state index is -2.81. The topological polar surface area (TPSA) is 24.1 Å². The highest BCUT2D eigenvalue weighted by Gasteiger charge is 2.22. The summed E-state index contributed by atoms with van der Waals surface area (Å²) in [5.41, 5.74) is 1.19. The first-order valence-corrected chi connectivity index (χ1v) is 5.89. The van der Waals surface area contributed by atoms with Crippen LogP contribution in [0.2, 0.25) is 0 Å². The van der Waals surface area contributed by atoms with Crippen molar-refractivity contribution in [3.63, 3.8) is 0 Å². The van der Waals surface area contributed by atoms with Crippen LogP contribution in [0.15, 0.2) is 30.3 Å². The van der Waals surface area contributed by atoms with E-state index in [2.05, 4.69) is 26.6 Å². The maximum Gasteiger partial charge on any atom is 0.313 e. The third-order valence-corrected chi connectivity index (χ3v) is 2.26. The Morgan fingerprint density at radius 1 is 1.06 bits per heavy atom.